The Morgan fingerprint density at radius 3 is 2.89 bits per heavy atom. The van der Waals surface area contributed by atoms with Gasteiger partial charge in [0.15, 0.2) is 0 Å². The number of carbonyl (C=O) groups excluding carboxylic acids is 1. The third-order valence-corrected chi connectivity index (χ3v) is 6.04. The Labute approximate surface area is 162 Å². The van der Waals surface area contributed by atoms with Crippen molar-refractivity contribution in [2.45, 2.75) is 51.5 Å². The molecule has 6 heteroatoms. The highest BCUT2D eigenvalue weighted by atomic mass is 16.1. The Morgan fingerprint density at radius 2 is 2.15 bits per heavy atom. The number of pyridine rings is 1. The van der Waals surface area contributed by atoms with E-state index in [0.29, 0.717) is 23.9 Å². The van der Waals surface area contributed by atoms with Crippen LogP contribution in [-0.2, 0) is 4.79 Å². The standard InChI is InChI=1S/C21H31N5O/c1-2-25-12-4-6-19(25)16-24-20(27)8-7-17-9-13-26(14-10-17)21-18(15-22)5-3-11-23-21/h3,5,11,17,19H,2,4,6-10,12-14,16H2,1H3,(H,24,27). The SMILES string of the molecule is CCN1CCCC1CNC(=O)CCC1CCN(c2ncccc2C#N)CC1. The highest BCUT2D eigenvalue weighted by molar-refractivity contribution is 5.75. The zero-order chi connectivity index (χ0) is 19.1. The molecule has 2 aliphatic heterocycles. The summed E-state index contributed by atoms with van der Waals surface area (Å²) >= 11 is 0. The van der Waals surface area contributed by atoms with Crippen molar-refractivity contribution in [3.63, 3.8) is 0 Å². The van der Waals surface area contributed by atoms with E-state index in [-0.39, 0.29) is 5.91 Å². The van der Waals surface area contributed by atoms with Crippen molar-refractivity contribution >= 4 is 11.7 Å². The topological polar surface area (TPSA) is 72.3 Å². The zero-order valence-corrected chi connectivity index (χ0v) is 16.4. The zero-order valence-electron chi connectivity index (χ0n) is 16.4. The van der Waals surface area contributed by atoms with E-state index in [0.717, 1.165) is 51.3 Å². The van der Waals surface area contributed by atoms with Crippen LogP contribution in [0.15, 0.2) is 18.3 Å². The fraction of sp³-hybridized carbons (Fsp3) is 0.667. The van der Waals surface area contributed by atoms with Gasteiger partial charge in [-0.1, -0.05) is 6.92 Å². The van der Waals surface area contributed by atoms with Gasteiger partial charge in [0, 0.05) is 38.3 Å². The van der Waals surface area contributed by atoms with E-state index in [2.05, 4.69) is 33.1 Å². The Bertz CT molecular complexity index is 663. The Hall–Kier alpha value is -2.13. The van der Waals surface area contributed by atoms with Crippen molar-refractivity contribution < 1.29 is 4.79 Å². The van der Waals surface area contributed by atoms with E-state index in [1.807, 2.05) is 6.07 Å². The molecule has 27 heavy (non-hydrogen) atoms. The van der Waals surface area contributed by atoms with Crippen molar-refractivity contribution in [3.05, 3.63) is 23.9 Å². The van der Waals surface area contributed by atoms with Crippen LogP contribution >= 0.6 is 0 Å². The van der Waals surface area contributed by atoms with Gasteiger partial charge in [-0.25, -0.2) is 4.98 Å². The predicted octanol–water partition coefficient (Wildman–Crippen LogP) is 2.55. The second-order valence-electron chi connectivity index (χ2n) is 7.68. The number of hydrogen-bond donors (Lipinski definition) is 1. The molecule has 0 saturated carbocycles. The number of hydrogen-bond acceptors (Lipinski definition) is 5. The molecule has 2 aliphatic rings. The van der Waals surface area contributed by atoms with Gasteiger partial charge in [-0.2, -0.15) is 5.26 Å². The minimum Gasteiger partial charge on any atom is -0.356 e. The van der Waals surface area contributed by atoms with E-state index >= 15 is 0 Å². The van der Waals surface area contributed by atoms with Gasteiger partial charge in [0.2, 0.25) is 5.91 Å². The monoisotopic (exact) mass is 369 g/mol. The number of likely N-dealkylation sites (N-methyl/N-ethyl adjacent to an activating group) is 1. The summed E-state index contributed by atoms with van der Waals surface area (Å²) in [6.07, 6.45) is 7.88. The summed E-state index contributed by atoms with van der Waals surface area (Å²) in [6.45, 7) is 7.04. The minimum absolute atomic E-state index is 0.192. The summed E-state index contributed by atoms with van der Waals surface area (Å²) in [5, 5.41) is 12.4. The molecule has 3 rings (SSSR count). The maximum Gasteiger partial charge on any atom is 0.220 e. The van der Waals surface area contributed by atoms with Gasteiger partial charge >= 0.3 is 0 Å². The summed E-state index contributed by atoms with van der Waals surface area (Å²) in [5.74, 6) is 1.57. The molecule has 1 amide bonds. The van der Waals surface area contributed by atoms with Crippen LogP contribution in [0.5, 0.6) is 0 Å². The lowest BCUT2D eigenvalue weighted by atomic mass is 9.92. The average Bonchev–Trinajstić information content (AvgIpc) is 3.18. The second kappa shape index (κ2) is 9.70. The highest BCUT2D eigenvalue weighted by Crippen LogP contribution is 2.26. The molecular weight excluding hydrogens is 338 g/mol. The number of likely N-dealkylation sites (tertiary alicyclic amines) is 1. The Balaban J connectivity index is 1.37. The molecule has 3 heterocycles. The largest absolute Gasteiger partial charge is 0.356 e. The summed E-state index contributed by atoms with van der Waals surface area (Å²) in [7, 11) is 0. The molecule has 1 atom stereocenters. The quantitative estimate of drug-likeness (QED) is 0.800. The van der Waals surface area contributed by atoms with Gasteiger partial charge in [-0.05, 0) is 63.2 Å². The van der Waals surface area contributed by atoms with Crippen LogP contribution < -0.4 is 10.2 Å². The molecule has 0 aromatic carbocycles. The number of carbonyl (C=O) groups is 1. The molecular formula is C21H31N5O. The van der Waals surface area contributed by atoms with Crippen LogP contribution in [0.2, 0.25) is 0 Å². The molecule has 0 spiro atoms. The smallest absolute Gasteiger partial charge is 0.220 e. The van der Waals surface area contributed by atoms with E-state index < -0.39 is 0 Å². The highest BCUT2D eigenvalue weighted by Gasteiger charge is 2.24. The molecule has 1 unspecified atom stereocenters. The first kappa shape index (κ1) is 19.6. The normalized spacial score (nSPS) is 21.2. The number of nitriles is 1. The molecule has 1 N–H and O–H groups in total. The van der Waals surface area contributed by atoms with Crippen LogP contribution in [0.3, 0.4) is 0 Å². The van der Waals surface area contributed by atoms with Gasteiger partial charge in [0.25, 0.3) is 0 Å². The van der Waals surface area contributed by atoms with Gasteiger partial charge in [-0.3, -0.25) is 9.69 Å². The number of rotatable bonds is 7. The number of amides is 1. The molecule has 2 fully saturated rings. The third kappa shape index (κ3) is 5.20. The number of nitrogens with one attached hydrogen (secondary N) is 1. The summed E-state index contributed by atoms with van der Waals surface area (Å²) < 4.78 is 0. The summed E-state index contributed by atoms with van der Waals surface area (Å²) in [4.78, 5) is 21.3. The van der Waals surface area contributed by atoms with Crippen molar-refractivity contribution in [1.29, 1.82) is 5.26 Å². The number of anilines is 1. The predicted molar refractivity (Wildman–Crippen MR) is 106 cm³/mol. The van der Waals surface area contributed by atoms with E-state index in [4.69, 9.17) is 0 Å². The van der Waals surface area contributed by atoms with Gasteiger partial charge in [0.1, 0.15) is 11.9 Å². The Morgan fingerprint density at radius 1 is 1.33 bits per heavy atom. The van der Waals surface area contributed by atoms with Crippen LogP contribution in [0, 0.1) is 17.2 Å². The van der Waals surface area contributed by atoms with Crippen molar-refractivity contribution in [2.24, 2.45) is 5.92 Å². The molecule has 1 aromatic rings. The van der Waals surface area contributed by atoms with Crippen molar-refractivity contribution in [2.75, 3.05) is 37.6 Å². The van der Waals surface area contributed by atoms with Gasteiger partial charge in [-0.15, -0.1) is 0 Å². The van der Waals surface area contributed by atoms with Crippen molar-refractivity contribution in [3.8, 4) is 6.07 Å². The lowest BCUT2D eigenvalue weighted by Crippen LogP contribution is -2.40. The number of nitrogens with zero attached hydrogens (tertiary/aromatic N) is 4. The first-order chi connectivity index (χ1) is 13.2. The lowest BCUT2D eigenvalue weighted by molar-refractivity contribution is -0.121. The molecule has 0 bridgehead atoms. The first-order valence-electron chi connectivity index (χ1n) is 10.3. The second-order valence-corrected chi connectivity index (χ2v) is 7.68. The molecule has 0 radical (unpaired) electrons. The number of piperidine rings is 1. The first-order valence-corrected chi connectivity index (χ1v) is 10.3. The van der Waals surface area contributed by atoms with Crippen LogP contribution in [0.25, 0.3) is 0 Å². The number of aromatic nitrogens is 1. The molecule has 2 saturated heterocycles. The third-order valence-electron chi connectivity index (χ3n) is 6.04. The summed E-state index contributed by atoms with van der Waals surface area (Å²) in [6, 6.07) is 6.38. The lowest BCUT2D eigenvalue weighted by Gasteiger charge is -2.33. The van der Waals surface area contributed by atoms with E-state index in [1.165, 1.54) is 19.4 Å². The van der Waals surface area contributed by atoms with Gasteiger partial charge in [0.05, 0.1) is 5.56 Å². The van der Waals surface area contributed by atoms with Crippen LogP contribution in [0.4, 0.5) is 5.82 Å². The molecule has 6 nitrogen and oxygen atoms in total. The van der Waals surface area contributed by atoms with Gasteiger partial charge < -0.3 is 10.2 Å². The van der Waals surface area contributed by atoms with Crippen LogP contribution in [-0.4, -0.2) is 54.6 Å². The summed E-state index contributed by atoms with van der Waals surface area (Å²) in [5.41, 5.74) is 0.642. The van der Waals surface area contributed by atoms with Crippen molar-refractivity contribution in [1.82, 2.24) is 15.2 Å². The fourth-order valence-electron chi connectivity index (χ4n) is 4.37. The minimum atomic E-state index is 0.192. The van der Waals surface area contributed by atoms with E-state index in [9.17, 15) is 10.1 Å². The molecule has 1 aromatic heterocycles. The molecule has 0 aliphatic carbocycles. The van der Waals surface area contributed by atoms with E-state index in [1.54, 1.807) is 12.3 Å². The maximum absolute atomic E-state index is 12.2. The fourth-order valence-corrected chi connectivity index (χ4v) is 4.37. The van der Waals surface area contributed by atoms with Crippen LogP contribution in [0.1, 0.15) is 51.0 Å². The average molecular weight is 370 g/mol. The Kier molecular flexibility index (Phi) is 7.05. The molecule has 146 valence electrons. The maximum atomic E-state index is 12.2.